The minimum absolute atomic E-state index is 0.193. The Labute approximate surface area is 213 Å². The van der Waals surface area contributed by atoms with Crippen molar-refractivity contribution in [2.45, 2.75) is 47.0 Å². The predicted molar refractivity (Wildman–Crippen MR) is 139 cm³/mol. The van der Waals surface area contributed by atoms with Gasteiger partial charge in [-0.05, 0) is 83.4 Å². The highest BCUT2D eigenvalue weighted by Crippen LogP contribution is 2.45. The maximum atomic E-state index is 11.5. The van der Waals surface area contributed by atoms with Gasteiger partial charge < -0.3 is 14.2 Å². The van der Waals surface area contributed by atoms with E-state index in [1.807, 2.05) is 19.1 Å². The van der Waals surface area contributed by atoms with E-state index in [1.165, 1.54) is 17.6 Å². The molecule has 1 aliphatic carbocycles. The lowest BCUT2D eigenvalue weighted by Gasteiger charge is -2.33. The van der Waals surface area contributed by atoms with Crippen molar-refractivity contribution in [1.29, 1.82) is 5.26 Å². The molecule has 0 bridgehead atoms. The fourth-order valence-electron chi connectivity index (χ4n) is 3.91. The Hall–Kier alpha value is -2.12. The van der Waals surface area contributed by atoms with E-state index in [0.29, 0.717) is 29.6 Å². The van der Waals surface area contributed by atoms with Crippen molar-refractivity contribution >= 4 is 51.1 Å². The average Bonchev–Trinajstić information content (AvgIpc) is 3.13. The molecule has 0 spiro atoms. The van der Waals surface area contributed by atoms with Crippen LogP contribution in [0.2, 0.25) is 0 Å². The third-order valence-corrected chi connectivity index (χ3v) is 7.77. The zero-order valence-corrected chi connectivity index (χ0v) is 22.6. The number of carbonyl (C=O) groups is 1. The van der Waals surface area contributed by atoms with Gasteiger partial charge in [-0.2, -0.15) is 5.26 Å². The number of hydrogen-bond acceptors (Lipinski definition) is 7. The second kappa shape index (κ2) is 10.9. The molecule has 0 saturated heterocycles. The van der Waals surface area contributed by atoms with Gasteiger partial charge in [0.05, 0.1) is 22.9 Å². The minimum Gasteiger partial charge on any atom is -0.490 e. The van der Waals surface area contributed by atoms with E-state index in [1.54, 1.807) is 17.6 Å². The average molecular weight is 580 g/mol. The van der Waals surface area contributed by atoms with Crippen LogP contribution >= 0.6 is 33.9 Å². The van der Waals surface area contributed by atoms with E-state index in [2.05, 4.69) is 54.2 Å². The van der Waals surface area contributed by atoms with Crippen LogP contribution in [0.15, 0.2) is 17.1 Å². The van der Waals surface area contributed by atoms with E-state index < -0.39 is 5.97 Å². The molecule has 8 heteroatoms. The number of ether oxygens (including phenoxy) is 3. The molecule has 3 rings (SSSR count). The third kappa shape index (κ3) is 6.07. The Kier molecular flexibility index (Phi) is 8.40. The van der Waals surface area contributed by atoms with E-state index in [9.17, 15) is 10.1 Å². The number of esters is 1. The molecule has 0 aliphatic heterocycles. The van der Waals surface area contributed by atoms with Crippen molar-refractivity contribution < 1.29 is 19.0 Å². The molecule has 0 unspecified atom stereocenters. The van der Waals surface area contributed by atoms with Crippen LogP contribution in [-0.4, -0.2) is 32.5 Å². The van der Waals surface area contributed by atoms with Gasteiger partial charge in [0.1, 0.15) is 11.1 Å². The topological polar surface area (TPSA) is 80.9 Å². The Morgan fingerprint density at radius 1 is 1.36 bits per heavy atom. The number of halogens is 1. The molecule has 0 radical (unpaired) electrons. The van der Waals surface area contributed by atoms with E-state index >= 15 is 0 Å². The van der Waals surface area contributed by atoms with Crippen LogP contribution in [0.25, 0.3) is 0 Å². The third-order valence-electron chi connectivity index (χ3n) is 5.81. The number of aliphatic imine (C=N–C) groups is 1. The molecule has 6 nitrogen and oxygen atoms in total. The molecular weight excluding hydrogens is 551 g/mol. The first kappa shape index (κ1) is 25.5. The maximum Gasteiger partial charge on any atom is 0.343 e. The van der Waals surface area contributed by atoms with Gasteiger partial charge in [0, 0.05) is 11.1 Å². The summed E-state index contributed by atoms with van der Waals surface area (Å²) in [7, 11) is 1.32. The van der Waals surface area contributed by atoms with Crippen molar-refractivity contribution in [3.8, 4) is 17.6 Å². The summed E-state index contributed by atoms with van der Waals surface area (Å²) in [5, 5.41) is 10.6. The number of nitrogens with zero attached hydrogens (tertiary/aromatic N) is 2. The summed E-state index contributed by atoms with van der Waals surface area (Å²) in [6.45, 7) is 9.01. The number of fused-ring (bicyclic) bond motifs is 1. The fraction of sp³-hybridized carbons (Fsp3) is 0.480. The first-order chi connectivity index (χ1) is 15.7. The van der Waals surface area contributed by atoms with Crippen LogP contribution in [0.1, 0.15) is 55.7 Å². The van der Waals surface area contributed by atoms with Gasteiger partial charge in [-0.3, -0.25) is 0 Å². The van der Waals surface area contributed by atoms with Crippen LogP contribution in [0.5, 0.6) is 11.5 Å². The number of carbonyl (C=O) groups excluding carboxylic acids is 1. The number of methoxy groups -OCH3 is 1. The lowest BCUT2D eigenvalue weighted by atomic mass is 9.72. The second-order valence-electron chi connectivity index (χ2n) is 8.99. The smallest absolute Gasteiger partial charge is 0.343 e. The molecule has 1 aromatic heterocycles. The normalized spacial score (nSPS) is 15.7. The van der Waals surface area contributed by atoms with Crippen LogP contribution in [0.3, 0.4) is 0 Å². The highest BCUT2D eigenvalue weighted by Gasteiger charge is 2.32. The summed E-state index contributed by atoms with van der Waals surface area (Å²) in [6, 6.07) is 6.13. The lowest BCUT2D eigenvalue weighted by molar-refractivity contribution is -0.142. The summed E-state index contributed by atoms with van der Waals surface area (Å²) >= 11 is 3.78. The van der Waals surface area contributed by atoms with Gasteiger partial charge in [0.25, 0.3) is 0 Å². The number of rotatable bonds is 7. The van der Waals surface area contributed by atoms with E-state index in [4.69, 9.17) is 14.5 Å². The molecule has 2 aromatic rings. The molecule has 0 amide bonds. The van der Waals surface area contributed by atoms with Gasteiger partial charge in [0.2, 0.25) is 0 Å². The minimum atomic E-state index is -0.460. The van der Waals surface area contributed by atoms with Crippen molar-refractivity contribution in [3.05, 3.63) is 37.3 Å². The monoisotopic (exact) mass is 580 g/mol. The Morgan fingerprint density at radius 3 is 2.76 bits per heavy atom. The number of benzene rings is 1. The second-order valence-corrected chi connectivity index (χ2v) is 11.2. The number of nitriles is 1. The van der Waals surface area contributed by atoms with Crippen LogP contribution in [0, 0.1) is 26.2 Å². The van der Waals surface area contributed by atoms with E-state index in [-0.39, 0.29) is 12.0 Å². The molecule has 1 heterocycles. The summed E-state index contributed by atoms with van der Waals surface area (Å²) in [6.07, 6.45) is 4.80. The van der Waals surface area contributed by atoms with Gasteiger partial charge in [-0.15, -0.1) is 11.3 Å². The van der Waals surface area contributed by atoms with Gasteiger partial charge in [-0.1, -0.05) is 20.8 Å². The summed E-state index contributed by atoms with van der Waals surface area (Å²) in [5.74, 6) is 1.18. The molecule has 176 valence electrons. The molecule has 33 heavy (non-hydrogen) atoms. The van der Waals surface area contributed by atoms with Gasteiger partial charge >= 0.3 is 5.97 Å². The highest BCUT2D eigenvalue weighted by atomic mass is 127. The van der Waals surface area contributed by atoms with Gasteiger partial charge in [0.15, 0.2) is 18.1 Å². The van der Waals surface area contributed by atoms with Crippen LogP contribution < -0.4 is 9.47 Å². The number of thiophene rings is 1. The summed E-state index contributed by atoms with van der Waals surface area (Å²) in [5.41, 5.74) is 2.96. The number of hydrogen-bond donors (Lipinski definition) is 0. The largest absolute Gasteiger partial charge is 0.490 e. The zero-order chi connectivity index (χ0) is 24.2. The first-order valence-electron chi connectivity index (χ1n) is 10.9. The fourth-order valence-corrected chi connectivity index (χ4v) is 5.91. The van der Waals surface area contributed by atoms with Crippen molar-refractivity contribution in [3.63, 3.8) is 0 Å². The Bertz CT molecular complexity index is 1100. The molecule has 1 atom stereocenters. The van der Waals surface area contributed by atoms with Crippen molar-refractivity contribution in [2.75, 3.05) is 20.3 Å². The predicted octanol–water partition coefficient (Wildman–Crippen LogP) is 6.08. The molecule has 1 aliphatic rings. The first-order valence-corrected chi connectivity index (χ1v) is 12.8. The lowest BCUT2D eigenvalue weighted by Crippen LogP contribution is -2.26. The van der Waals surface area contributed by atoms with E-state index in [0.717, 1.165) is 33.4 Å². The summed E-state index contributed by atoms with van der Waals surface area (Å²) < 4.78 is 16.8. The molecule has 1 aromatic carbocycles. The molecular formula is C25H29IN2O4S. The molecule has 0 fully saturated rings. The Morgan fingerprint density at radius 2 is 2.12 bits per heavy atom. The Balaban J connectivity index is 1.88. The van der Waals surface area contributed by atoms with Crippen LogP contribution in [0.4, 0.5) is 5.00 Å². The quantitative estimate of drug-likeness (QED) is 0.226. The van der Waals surface area contributed by atoms with Crippen LogP contribution in [-0.2, 0) is 22.4 Å². The van der Waals surface area contributed by atoms with Gasteiger partial charge in [-0.25, -0.2) is 9.79 Å². The van der Waals surface area contributed by atoms with Crippen molar-refractivity contribution in [1.82, 2.24) is 0 Å². The SMILES string of the molecule is CCOc1cc(C=Nc2sc3c(c2C#N)CC[C@H](C(C)(C)C)C3)cc(I)c1OCC(=O)OC. The maximum absolute atomic E-state index is 11.5. The zero-order valence-electron chi connectivity index (χ0n) is 19.7. The molecule has 0 saturated carbocycles. The molecule has 0 N–H and O–H groups in total. The standard InChI is InChI=1S/C25H29IN2O4S/c1-6-31-20-10-15(9-19(26)23(20)32-14-22(29)30-5)13-28-24-18(12-27)17-8-7-16(25(2,3)4)11-21(17)33-24/h9-10,13,16H,6-8,11,14H2,1-5H3/t16-/m0/s1. The summed E-state index contributed by atoms with van der Waals surface area (Å²) in [4.78, 5) is 17.5. The van der Waals surface area contributed by atoms with Crippen molar-refractivity contribution in [2.24, 2.45) is 16.3 Å². The highest BCUT2D eigenvalue weighted by molar-refractivity contribution is 14.1.